The topological polar surface area (TPSA) is 87.7 Å². The summed E-state index contributed by atoms with van der Waals surface area (Å²) in [6, 6.07) is -0.403. The van der Waals surface area contributed by atoms with Crippen molar-refractivity contribution in [2.24, 2.45) is 5.92 Å². The molecule has 1 saturated heterocycles. The normalized spacial score (nSPS) is 26.0. The van der Waals surface area contributed by atoms with E-state index >= 15 is 0 Å². The van der Waals surface area contributed by atoms with Crippen LogP contribution in [0.4, 0.5) is 0 Å². The second kappa shape index (κ2) is 8.46. The van der Waals surface area contributed by atoms with Crippen molar-refractivity contribution in [3.8, 4) is 0 Å². The average molecular weight is 296 g/mol. The summed E-state index contributed by atoms with van der Waals surface area (Å²) in [5, 5.41) is 14.8. The van der Waals surface area contributed by atoms with Gasteiger partial charge in [-0.1, -0.05) is 12.2 Å². The summed E-state index contributed by atoms with van der Waals surface area (Å²) < 4.78 is 5.21. The maximum atomic E-state index is 11.1. The molecule has 1 heterocycles. The molecule has 0 radical (unpaired) electrons. The molecule has 0 bridgehead atoms. The monoisotopic (exact) mass is 296 g/mol. The van der Waals surface area contributed by atoms with E-state index in [1.54, 1.807) is 13.3 Å². The van der Waals surface area contributed by atoms with Gasteiger partial charge in [-0.3, -0.25) is 9.59 Å². The number of ether oxygens (including phenoxy) is 1. The summed E-state index contributed by atoms with van der Waals surface area (Å²) in [6.07, 6.45) is 7.53. The van der Waals surface area contributed by atoms with E-state index in [9.17, 15) is 9.59 Å². The fourth-order valence-electron chi connectivity index (χ4n) is 2.53. The first-order valence-corrected chi connectivity index (χ1v) is 7.09. The van der Waals surface area contributed by atoms with Crippen LogP contribution in [0.25, 0.3) is 0 Å². The van der Waals surface area contributed by atoms with Gasteiger partial charge in [-0.2, -0.15) is 0 Å². The number of carbonyl (C=O) groups is 2. The van der Waals surface area contributed by atoms with E-state index < -0.39 is 12.0 Å². The Hall–Kier alpha value is -1.82. The van der Waals surface area contributed by atoms with Gasteiger partial charge in [-0.05, 0) is 25.7 Å². The lowest BCUT2D eigenvalue weighted by molar-refractivity contribution is -0.139. The van der Waals surface area contributed by atoms with Crippen LogP contribution in [0, 0.1) is 5.92 Å². The lowest BCUT2D eigenvalue weighted by Crippen LogP contribution is -2.36. The Kier molecular flexibility index (Phi) is 6.94. The molecule has 0 aromatic carbocycles. The molecule has 1 aliphatic heterocycles. The Morgan fingerprint density at radius 2 is 2.19 bits per heavy atom. The van der Waals surface area contributed by atoms with Crippen LogP contribution in [0.2, 0.25) is 0 Å². The molecule has 3 atom stereocenters. The number of hydrogen-bond donors (Lipinski definition) is 3. The van der Waals surface area contributed by atoms with E-state index in [2.05, 4.69) is 10.6 Å². The van der Waals surface area contributed by atoms with E-state index in [1.807, 2.05) is 19.1 Å². The summed E-state index contributed by atoms with van der Waals surface area (Å²) in [5.74, 6) is -0.0889. The standard InChI is InChI=1S/C15H24N2O4/c1-4-5-11-8-14(15(19)20)17-13(11)7-6-12(21-3)9-16-10(2)18/h4-5,9,11,13-14,17H,6-8H2,1-3H3,(H,16,18)(H,19,20)/t11-,13-,14-/m1/s1. The fourth-order valence-corrected chi connectivity index (χ4v) is 2.53. The molecule has 0 saturated carbocycles. The first-order chi connectivity index (χ1) is 9.97. The summed E-state index contributed by atoms with van der Waals surface area (Å²) in [4.78, 5) is 22.0. The Balaban J connectivity index is 2.60. The third-order valence-corrected chi connectivity index (χ3v) is 3.58. The zero-order chi connectivity index (χ0) is 15.8. The van der Waals surface area contributed by atoms with Crippen LogP contribution in [0.5, 0.6) is 0 Å². The van der Waals surface area contributed by atoms with Crippen molar-refractivity contribution < 1.29 is 19.4 Å². The Labute approximate surface area is 125 Å². The van der Waals surface area contributed by atoms with Crippen LogP contribution in [0.15, 0.2) is 24.1 Å². The van der Waals surface area contributed by atoms with Gasteiger partial charge in [0.25, 0.3) is 0 Å². The van der Waals surface area contributed by atoms with Gasteiger partial charge >= 0.3 is 5.97 Å². The largest absolute Gasteiger partial charge is 0.500 e. The molecule has 3 N–H and O–H groups in total. The van der Waals surface area contributed by atoms with Crippen LogP contribution < -0.4 is 10.6 Å². The quantitative estimate of drug-likeness (QED) is 0.488. The molecule has 0 aliphatic carbocycles. The maximum absolute atomic E-state index is 11.1. The molecule has 1 amide bonds. The second-order valence-electron chi connectivity index (χ2n) is 5.14. The number of carbonyl (C=O) groups excluding carboxylic acids is 1. The van der Waals surface area contributed by atoms with Gasteiger partial charge in [0.2, 0.25) is 5.91 Å². The molecular weight excluding hydrogens is 272 g/mol. The van der Waals surface area contributed by atoms with Crippen molar-refractivity contribution in [1.82, 2.24) is 10.6 Å². The van der Waals surface area contributed by atoms with Crippen LogP contribution >= 0.6 is 0 Å². The number of amides is 1. The number of carboxylic acids is 1. The summed E-state index contributed by atoms with van der Waals surface area (Å²) in [5.41, 5.74) is 0. The van der Waals surface area contributed by atoms with E-state index in [1.165, 1.54) is 6.92 Å². The van der Waals surface area contributed by atoms with E-state index in [-0.39, 0.29) is 17.9 Å². The van der Waals surface area contributed by atoms with E-state index in [0.717, 1.165) is 6.42 Å². The predicted molar refractivity (Wildman–Crippen MR) is 79.4 cm³/mol. The van der Waals surface area contributed by atoms with Crippen LogP contribution in [-0.2, 0) is 14.3 Å². The number of nitrogens with one attached hydrogen (secondary N) is 2. The highest BCUT2D eigenvalue weighted by Crippen LogP contribution is 2.26. The van der Waals surface area contributed by atoms with Gasteiger partial charge in [0, 0.05) is 25.6 Å². The van der Waals surface area contributed by atoms with Gasteiger partial charge in [0.1, 0.15) is 11.8 Å². The van der Waals surface area contributed by atoms with Crippen molar-refractivity contribution in [1.29, 1.82) is 0 Å². The van der Waals surface area contributed by atoms with E-state index in [0.29, 0.717) is 18.6 Å². The predicted octanol–water partition coefficient (Wildman–Crippen LogP) is 1.40. The summed E-state index contributed by atoms with van der Waals surface area (Å²) >= 11 is 0. The molecule has 118 valence electrons. The minimum Gasteiger partial charge on any atom is -0.500 e. The zero-order valence-corrected chi connectivity index (χ0v) is 12.8. The van der Waals surface area contributed by atoms with Gasteiger partial charge in [-0.25, -0.2) is 0 Å². The maximum Gasteiger partial charge on any atom is 0.320 e. The van der Waals surface area contributed by atoms with Crippen molar-refractivity contribution in [3.05, 3.63) is 24.1 Å². The number of hydrogen-bond acceptors (Lipinski definition) is 4. The van der Waals surface area contributed by atoms with Gasteiger partial charge in [-0.15, -0.1) is 0 Å². The molecule has 6 heteroatoms. The lowest BCUT2D eigenvalue weighted by Gasteiger charge is -2.17. The molecular formula is C15H24N2O4. The molecule has 1 aliphatic rings. The third kappa shape index (κ3) is 5.59. The number of methoxy groups -OCH3 is 1. The molecule has 0 spiro atoms. The van der Waals surface area contributed by atoms with Crippen molar-refractivity contribution in [3.63, 3.8) is 0 Å². The average Bonchev–Trinajstić information content (AvgIpc) is 2.83. The SMILES string of the molecule is CC=C[C@@H]1C[C@H](C(=O)O)N[C@@H]1CCC(=CNC(C)=O)OC. The van der Waals surface area contributed by atoms with Crippen LogP contribution in [0.1, 0.15) is 33.1 Å². The van der Waals surface area contributed by atoms with Crippen molar-refractivity contribution in [2.75, 3.05) is 7.11 Å². The fraction of sp³-hybridized carbons (Fsp3) is 0.600. The number of aliphatic carboxylic acids is 1. The molecule has 0 aromatic rings. The highest BCUT2D eigenvalue weighted by atomic mass is 16.5. The Morgan fingerprint density at radius 3 is 2.71 bits per heavy atom. The highest BCUT2D eigenvalue weighted by Gasteiger charge is 2.35. The summed E-state index contributed by atoms with van der Waals surface area (Å²) in [7, 11) is 1.55. The lowest BCUT2D eigenvalue weighted by atomic mass is 9.95. The van der Waals surface area contributed by atoms with E-state index in [4.69, 9.17) is 9.84 Å². The highest BCUT2D eigenvalue weighted by molar-refractivity contribution is 5.74. The minimum atomic E-state index is -0.812. The Morgan fingerprint density at radius 1 is 1.48 bits per heavy atom. The third-order valence-electron chi connectivity index (χ3n) is 3.58. The number of allylic oxidation sites excluding steroid dienone is 2. The number of rotatable bonds is 7. The Bertz CT molecular complexity index is 431. The second-order valence-corrected chi connectivity index (χ2v) is 5.14. The molecule has 0 unspecified atom stereocenters. The van der Waals surface area contributed by atoms with Crippen LogP contribution in [-0.4, -0.2) is 36.2 Å². The van der Waals surface area contributed by atoms with Gasteiger partial charge < -0.3 is 20.5 Å². The first kappa shape index (κ1) is 17.2. The van der Waals surface area contributed by atoms with Crippen molar-refractivity contribution in [2.45, 2.75) is 45.2 Å². The van der Waals surface area contributed by atoms with Crippen molar-refractivity contribution >= 4 is 11.9 Å². The smallest absolute Gasteiger partial charge is 0.320 e. The molecule has 21 heavy (non-hydrogen) atoms. The molecule has 6 nitrogen and oxygen atoms in total. The number of carboxylic acid groups (broad SMARTS) is 1. The molecule has 1 rings (SSSR count). The first-order valence-electron chi connectivity index (χ1n) is 7.09. The zero-order valence-electron chi connectivity index (χ0n) is 12.8. The van der Waals surface area contributed by atoms with Gasteiger partial charge in [0.05, 0.1) is 7.11 Å². The minimum absolute atomic E-state index is 0.0955. The van der Waals surface area contributed by atoms with Gasteiger partial charge in [0.15, 0.2) is 0 Å². The molecule has 0 aromatic heterocycles. The van der Waals surface area contributed by atoms with Crippen LogP contribution in [0.3, 0.4) is 0 Å². The molecule has 1 fully saturated rings. The summed E-state index contributed by atoms with van der Waals surface area (Å²) in [6.45, 7) is 3.37.